The lowest BCUT2D eigenvalue weighted by atomic mass is 10.1. The van der Waals surface area contributed by atoms with Crippen molar-refractivity contribution in [2.45, 2.75) is 13.0 Å². The SMILES string of the molecule is NCCc1ccc(COc2cccnc2)cc1. The van der Waals surface area contributed by atoms with Crippen LogP contribution in [0.3, 0.4) is 0 Å². The standard InChI is InChI=1S/C14H16N2O/c15-8-7-12-3-5-13(6-4-12)11-17-14-2-1-9-16-10-14/h1-6,9-10H,7-8,11,15H2. The Kier molecular flexibility index (Phi) is 4.11. The molecule has 0 radical (unpaired) electrons. The lowest BCUT2D eigenvalue weighted by molar-refractivity contribution is 0.305. The van der Waals surface area contributed by atoms with Crippen LogP contribution in [-0.4, -0.2) is 11.5 Å². The van der Waals surface area contributed by atoms with Crippen LogP contribution >= 0.6 is 0 Å². The summed E-state index contributed by atoms with van der Waals surface area (Å²) in [6.45, 7) is 1.25. The Morgan fingerprint density at radius 1 is 1.06 bits per heavy atom. The highest BCUT2D eigenvalue weighted by molar-refractivity contribution is 5.23. The molecule has 0 unspecified atom stereocenters. The minimum absolute atomic E-state index is 0.564. The van der Waals surface area contributed by atoms with Crippen molar-refractivity contribution in [1.82, 2.24) is 4.98 Å². The van der Waals surface area contributed by atoms with E-state index in [2.05, 4.69) is 29.2 Å². The van der Waals surface area contributed by atoms with Crippen LogP contribution in [0.2, 0.25) is 0 Å². The van der Waals surface area contributed by atoms with Gasteiger partial charge in [-0.25, -0.2) is 0 Å². The molecule has 1 heterocycles. The molecule has 0 atom stereocenters. The molecule has 2 rings (SSSR count). The molecule has 1 aromatic heterocycles. The first kappa shape index (κ1) is 11.6. The number of aromatic nitrogens is 1. The van der Waals surface area contributed by atoms with Gasteiger partial charge in [-0.3, -0.25) is 4.98 Å². The maximum atomic E-state index is 5.60. The van der Waals surface area contributed by atoms with Crippen LogP contribution in [0.15, 0.2) is 48.8 Å². The average Bonchev–Trinajstić information content (AvgIpc) is 2.40. The first-order valence-electron chi connectivity index (χ1n) is 5.69. The quantitative estimate of drug-likeness (QED) is 0.853. The molecule has 0 bridgehead atoms. The second kappa shape index (κ2) is 6.01. The second-order valence-electron chi connectivity index (χ2n) is 3.83. The fourth-order valence-electron chi connectivity index (χ4n) is 1.57. The normalized spacial score (nSPS) is 10.2. The summed E-state index contributed by atoms with van der Waals surface area (Å²) in [6.07, 6.45) is 4.36. The Hall–Kier alpha value is -1.87. The topological polar surface area (TPSA) is 48.1 Å². The molecule has 3 nitrogen and oxygen atoms in total. The van der Waals surface area contributed by atoms with E-state index < -0.39 is 0 Å². The Balaban J connectivity index is 1.91. The van der Waals surface area contributed by atoms with Gasteiger partial charge in [-0.2, -0.15) is 0 Å². The van der Waals surface area contributed by atoms with Crippen LogP contribution in [0, 0.1) is 0 Å². The number of hydrogen-bond acceptors (Lipinski definition) is 3. The maximum Gasteiger partial charge on any atom is 0.138 e. The number of pyridine rings is 1. The molecule has 17 heavy (non-hydrogen) atoms. The summed E-state index contributed by atoms with van der Waals surface area (Å²) in [7, 11) is 0. The molecule has 0 aliphatic carbocycles. The third kappa shape index (κ3) is 3.57. The van der Waals surface area contributed by atoms with Crippen LogP contribution in [0.25, 0.3) is 0 Å². The van der Waals surface area contributed by atoms with Gasteiger partial charge in [0.1, 0.15) is 12.4 Å². The van der Waals surface area contributed by atoms with E-state index in [0.717, 1.165) is 17.7 Å². The van der Waals surface area contributed by atoms with Crippen molar-refractivity contribution in [2.75, 3.05) is 6.54 Å². The summed E-state index contributed by atoms with van der Waals surface area (Å²) in [5, 5.41) is 0. The van der Waals surface area contributed by atoms with Crippen molar-refractivity contribution in [2.24, 2.45) is 5.73 Å². The third-order valence-electron chi connectivity index (χ3n) is 2.50. The molecule has 0 spiro atoms. The maximum absolute atomic E-state index is 5.60. The van der Waals surface area contributed by atoms with Gasteiger partial charge < -0.3 is 10.5 Å². The number of hydrogen-bond donors (Lipinski definition) is 1. The number of benzene rings is 1. The van der Waals surface area contributed by atoms with Crippen LogP contribution in [-0.2, 0) is 13.0 Å². The largest absolute Gasteiger partial charge is 0.487 e. The van der Waals surface area contributed by atoms with Crippen LogP contribution in [0.4, 0.5) is 0 Å². The summed E-state index contributed by atoms with van der Waals surface area (Å²) in [5.41, 5.74) is 7.91. The summed E-state index contributed by atoms with van der Waals surface area (Å²) in [5.74, 6) is 0.790. The zero-order valence-corrected chi connectivity index (χ0v) is 9.67. The predicted molar refractivity (Wildman–Crippen MR) is 67.8 cm³/mol. The highest BCUT2D eigenvalue weighted by Gasteiger charge is 1.96. The van der Waals surface area contributed by atoms with E-state index in [0.29, 0.717) is 13.2 Å². The molecule has 0 amide bonds. The summed E-state index contributed by atoms with van der Waals surface area (Å²) >= 11 is 0. The summed E-state index contributed by atoms with van der Waals surface area (Å²) in [4.78, 5) is 4.00. The monoisotopic (exact) mass is 228 g/mol. The molecular weight excluding hydrogens is 212 g/mol. The smallest absolute Gasteiger partial charge is 0.138 e. The van der Waals surface area contributed by atoms with Crippen LogP contribution < -0.4 is 10.5 Å². The van der Waals surface area contributed by atoms with E-state index in [-0.39, 0.29) is 0 Å². The Morgan fingerprint density at radius 2 is 1.82 bits per heavy atom. The fourth-order valence-corrected chi connectivity index (χ4v) is 1.57. The van der Waals surface area contributed by atoms with Crippen molar-refractivity contribution < 1.29 is 4.74 Å². The van der Waals surface area contributed by atoms with E-state index >= 15 is 0 Å². The van der Waals surface area contributed by atoms with Crippen molar-refractivity contribution in [1.29, 1.82) is 0 Å². The van der Waals surface area contributed by atoms with Gasteiger partial charge in [-0.15, -0.1) is 0 Å². The molecular formula is C14H16N2O. The third-order valence-corrected chi connectivity index (χ3v) is 2.50. The zero-order chi connectivity index (χ0) is 11.9. The average molecular weight is 228 g/mol. The van der Waals surface area contributed by atoms with E-state index in [1.54, 1.807) is 12.4 Å². The summed E-state index contributed by atoms with van der Waals surface area (Å²) in [6, 6.07) is 12.1. The summed E-state index contributed by atoms with van der Waals surface area (Å²) < 4.78 is 5.60. The van der Waals surface area contributed by atoms with Crippen LogP contribution in [0.1, 0.15) is 11.1 Å². The number of nitrogens with zero attached hydrogens (tertiary/aromatic N) is 1. The number of rotatable bonds is 5. The van der Waals surface area contributed by atoms with Gasteiger partial charge in [-0.1, -0.05) is 24.3 Å². The van der Waals surface area contributed by atoms with Gasteiger partial charge in [0.2, 0.25) is 0 Å². The van der Waals surface area contributed by atoms with Gasteiger partial charge in [-0.05, 0) is 36.2 Å². The molecule has 2 N–H and O–H groups in total. The first-order chi connectivity index (χ1) is 8.38. The van der Waals surface area contributed by atoms with Crippen molar-refractivity contribution in [3.05, 3.63) is 59.9 Å². The molecule has 1 aromatic carbocycles. The molecule has 0 fully saturated rings. The molecule has 88 valence electrons. The lowest BCUT2D eigenvalue weighted by Crippen LogP contribution is -2.03. The molecule has 0 aliphatic rings. The molecule has 2 aromatic rings. The highest BCUT2D eigenvalue weighted by atomic mass is 16.5. The molecule has 0 saturated carbocycles. The van der Waals surface area contributed by atoms with Gasteiger partial charge in [0.25, 0.3) is 0 Å². The lowest BCUT2D eigenvalue weighted by Gasteiger charge is -2.06. The van der Waals surface area contributed by atoms with Gasteiger partial charge in [0.15, 0.2) is 0 Å². The first-order valence-corrected chi connectivity index (χ1v) is 5.69. The molecule has 0 saturated heterocycles. The Bertz CT molecular complexity index is 440. The molecule has 0 aliphatic heterocycles. The minimum Gasteiger partial charge on any atom is -0.487 e. The second-order valence-corrected chi connectivity index (χ2v) is 3.83. The Labute approximate surface area is 101 Å². The van der Waals surface area contributed by atoms with E-state index in [1.165, 1.54) is 5.56 Å². The van der Waals surface area contributed by atoms with E-state index in [9.17, 15) is 0 Å². The highest BCUT2D eigenvalue weighted by Crippen LogP contribution is 2.11. The minimum atomic E-state index is 0.564. The van der Waals surface area contributed by atoms with Crippen molar-refractivity contribution in [3.63, 3.8) is 0 Å². The van der Waals surface area contributed by atoms with Crippen molar-refractivity contribution in [3.8, 4) is 5.75 Å². The van der Waals surface area contributed by atoms with Crippen molar-refractivity contribution >= 4 is 0 Å². The van der Waals surface area contributed by atoms with Gasteiger partial charge in [0, 0.05) is 6.20 Å². The van der Waals surface area contributed by atoms with E-state index in [1.807, 2.05) is 12.1 Å². The van der Waals surface area contributed by atoms with Gasteiger partial charge >= 0.3 is 0 Å². The Morgan fingerprint density at radius 3 is 2.47 bits per heavy atom. The number of ether oxygens (including phenoxy) is 1. The van der Waals surface area contributed by atoms with E-state index in [4.69, 9.17) is 10.5 Å². The zero-order valence-electron chi connectivity index (χ0n) is 9.67. The van der Waals surface area contributed by atoms with Crippen LogP contribution in [0.5, 0.6) is 5.75 Å². The number of nitrogens with two attached hydrogens (primary N) is 1. The van der Waals surface area contributed by atoms with Gasteiger partial charge in [0.05, 0.1) is 6.20 Å². The predicted octanol–water partition coefficient (Wildman–Crippen LogP) is 2.16. The fraction of sp³-hybridized carbons (Fsp3) is 0.214. The molecule has 3 heteroatoms.